The average Bonchev–Trinajstić information content (AvgIpc) is 2.42. The van der Waals surface area contributed by atoms with Crippen LogP contribution in [0.5, 0.6) is 0 Å². The fourth-order valence-corrected chi connectivity index (χ4v) is 2.15. The van der Waals surface area contributed by atoms with Gasteiger partial charge in [0.1, 0.15) is 17.6 Å². The van der Waals surface area contributed by atoms with Crippen molar-refractivity contribution in [3.63, 3.8) is 0 Å². The Balaban J connectivity index is 2.11. The van der Waals surface area contributed by atoms with E-state index in [0.717, 1.165) is 25.5 Å². The summed E-state index contributed by atoms with van der Waals surface area (Å²) in [5.41, 5.74) is -0.198. The predicted molar refractivity (Wildman–Crippen MR) is 79.3 cm³/mol. The maximum absolute atomic E-state index is 12.2. The van der Waals surface area contributed by atoms with Crippen LogP contribution in [0.3, 0.4) is 0 Å². The molecule has 1 aromatic rings. The summed E-state index contributed by atoms with van der Waals surface area (Å²) in [5, 5.41) is 16.8. The third-order valence-electron chi connectivity index (χ3n) is 3.66. The maximum atomic E-state index is 12.2. The van der Waals surface area contributed by atoms with Crippen LogP contribution in [0.15, 0.2) is 12.3 Å². The lowest BCUT2D eigenvalue weighted by Crippen LogP contribution is -2.32. The first-order chi connectivity index (χ1) is 10.1. The minimum Gasteiger partial charge on any atom is -0.370 e. The minimum atomic E-state index is -0.575. The normalized spacial score (nSPS) is 14.3. The topological polar surface area (TPSA) is 97.2 Å². The second-order valence-corrected chi connectivity index (χ2v) is 5.28. The van der Waals surface area contributed by atoms with E-state index in [1.165, 1.54) is 12.5 Å². The lowest BCUT2D eigenvalue weighted by molar-refractivity contribution is -0.385. The molecule has 1 aliphatic rings. The van der Waals surface area contributed by atoms with Gasteiger partial charge < -0.3 is 10.6 Å². The van der Waals surface area contributed by atoms with E-state index in [4.69, 9.17) is 0 Å². The zero-order valence-corrected chi connectivity index (χ0v) is 12.1. The summed E-state index contributed by atoms with van der Waals surface area (Å²) in [5.74, 6) is 0.583. The molecule has 1 fully saturated rings. The second-order valence-electron chi connectivity index (χ2n) is 5.28. The number of rotatable bonds is 7. The molecule has 1 aliphatic carbocycles. The van der Waals surface area contributed by atoms with Crippen molar-refractivity contribution in [3.05, 3.63) is 27.9 Å². The van der Waals surface area contributed by atoms with Crippen molar-refractivity contribution >= 4 is 17.4 Å². The molecule has 2 N–H and O–H groups in total. The van der Waals surface area contributed by atoms with Crippen LogP contribution in [0.2, 0.25) is 0 Å². The summed E-state index contributed by atoms with van der Waals surface area (Å²) in [6.07, 6.45) is 5.46. The first-order valence-electron chi connectivity index (χ1n) is 7.28. The summed E-state index contributed by atoms with van der Waals surface area (Å²) in [4.78, 5) is 26.6. The lowest BCUT2D eigenvalue weighted by atomic mass is 9.85. The van der Waals surface area contributed by atoms with E-state index in [-0.39, 0.29) is 11.3 Å². The van der Waals surface area contributed by atoms with Gasteiger partial charge in [0, 0.05) is 19.2 Å². The first kappa shape index (κ1) is 15.2. The number of hydrogen-bond acceptors (Lipinski definition) is 5. The van der Waals surface area contributed by atoms with Crippen LogP contribution in [0.1, 0.15) is 43.0 Å². The van der Waals surface area contributed by atoms with Gasteiger partial charge in [0.05, 0.1) is 4.92 Å². The lowest BCUT2D eigenvalue weighted by Gasteiger charge is -2.25. The largest absolute Gasteiger partial charge is 0.370 e. The average molecular weight is 292 g/mol. The number of aromatic nitrogens is 1. The Hall–Kier alpha value is -2.18. The summed E-state index contributed by atoms with van der Waals surface area (Å²) >= 11 is 0. The minimum absolute atomic E-state index is 0.0629. The van der Waals surface area contributed by atoms with Crippen molar-refractivity contribution in [2.45, 2.75) is 32.6 Å². The molecule has 7 heteroatoms. The van der Waals surface area contributed by atoms with Crippen molar-refractivity contribution < 1.29 is 9.72 Å². The quantitative estimate of drug-likeness (QED) is 0.594. The molecule has 21 heavy (non-hydrogen) atoms. The Morgan fingerprint density at radius 2 is 2.29 bits per heavy atom. The fourth-order valence-electron chi connectivity index (χ4n) is 2.15. The van der Waals surface area contributed by atoms with Gasteiger partial charge >= 0.3 is 0 Å². The Morgan fingerprint density at radius 1 is 1.52 bits per heavy atom. The second kappa shape index (κ2) is 7.01. The molecule has 1 aromatic heterocycles. The van der Waals surface area contributed by atoms with Gasteiger partial charge in [0.15, 0.2) is 0 Å². The molecule has 0 aliphatic heterocycles. The van der Waals surface area contributed by atoms with E-state index in [2.05, 4.69) is 15.6 Å². The third kappa shape index (κ3) is 3.90. The zero-order chi connectivity index (χ0) is 15.2. The SMILES string of the molecule is CCCNc1cc(C(=O)NCC2CCC2)c([N+](=O)[O-])cn1. The highest BCUT2D eigenvalue weighted by atomic mass is 16.6. The summed E-state index contributed by atoms with van der Waals surface area (Å²) < 4.78 is 0. The number of carbonyl (C=O) groups excluding carboxylic acids is 1. The summed E-state index contributed by atoms with van der Waals surface area (Å²) in [6, 6.07) is 1.45. The molecule has 1 heterocycles. The van der Waals surface area contributed by atoms with Crippen LogP contribution in [-0.2, 0) is 0 Å². The van der Waals surface area contributed by atoms with Crippen LogP contribution in [0, 0.1) is 16.0 Å². The molecule has 114 valence electrons. The van der Waals surface area contributed by atoms with Crippen molar-refractivity contribution in [3.8, 4) is 0 Å². The molecule has 0 atom stereocenters. The van der Waals surface area contributed by atoms with Crippen molar-refractivity contribution in [1.82, 2.24) is 10.3 Å². The molecule has 0 bridgehead atoms. The number of anilines is 1. The number of nitrogens with one attached hydrogen (secondary N) is 2. The van der Waals surface area contributed by atoms with Crippen LogP contribution < -0.4 is 10.6 Å². The van der Waals surface area contributed by atoms with E-state index in [1.807, 2.05) is 6.92 Å². The standard InChI is InChI=1S/C14H20N4O3/c1-2-6-15-13-7-11(12(9-16-13)18(20)21)14(19)17-8-10-4-3-5-10/h7,9-10H,2-6,8H2,1H3,(H,15,16)(H,17,19). The Bertz CT molecular complexity index is 529. The fraction of sp³-hybridized carbons (Fsp3) is 0.571. The monoisotopic (exact) mass is 292 g/mol. The van der Waals surface area contributed by atoms with Crippen molar-refractivity contribution in [2.75, 3.05) is 18.4 Å². The van der Waals surface area contributed by atoms with E-state index in [1.54, 1.807) is 0 Å². The highest BCUT2D eigenvalue weighted by molar-refractivity contribution is 5.98. The van der Waals surface area contributed by atoms with Gasteiger partial charge in [-0.05, 0) is 25.2 Å². The van der Waals surface area contributed by atoms with Crippen LogP contribution >= 0.6 is 0 Å². The van der Waals surface area contributed by atoms with E-state index >= 15 is 0 Å². The molecule has 0 saturated heterocycles. The highest BCUT2D eigenvalue weighted by Gasteiger charge is 2.23. The predicted octanol–water partition coefficient (Wildman–Crippen LogP) is 2.34. The van der Waals surface area contributed by atoms with Gasteiger partial charge in [0.2, 0.25) is 0 Å². The summed E-state index contributed by atoms with van der Waals surface area (Å²) in [7, 11) is 0. The number of carbonyl (C=O) groups is 1. The number of nitrogens with zero attached hydrogens (tertiary/aromatic N) is 2. The smallest absolute Gasteiger partial charge is 0.300 e. The summed E-state index contributed by atoms with van der Waals surface area (Å²) in [6.45, 7) is 3.29. The molecule has 0 aromatic carbocycles. The number of hydrogen-bond donors (Lipinski definition) is 2. The van der Waals surface area contributed by atoms with Gasteiger partial charge in [-0.3, -0.25) is 14.9 Å². The first-order valence-corrected chi connectivity index (χ1v) is 7.28. The van der Waals surface area contributed by atoms with Crippen LogP contribution in [0.4, 0.5) is 11.5 Å². The molecular formula is C14H20N4O3. The number of amides is 1. The Labute approximate surface area is 123 Å². The molecule has 1 saturated carbocycles. The zero-order valence-electron chi connectivity index (χ0n) is 12.1. The molecular weight excluding hydrogens is 272 g/mol. The number of nitro groups is 1. The molecule has 0 radical (unpaired) electrons. The maximum Gasteiger partial charge on any atom is 0.300 e. The number of pyridine rings is 1. The Morgan fingerprint density at radius 3 is 2.86 bits per heavy atom. The molecule has 7 nitrogen and oxygen atoms in total. The van der Waals surface area contributed by atoms with E-state index < -0.39 is 10.8 Å². The van der Waals surface area contributed by atoms with Gasteiger partial charge in [-0.1, -0.05) is 13.3 Å². The Kier molecular flexibility index (Phi) is 5.08. The van der Waals surface area contributed by atoms with E-state index in [9.17, 15) is 14.9 Å². The van der Waals surface area contributed by atoms with E-state index in [0.29, 0.717) is 24.8 Å². The van der Waals surface area contributed by atoms with Gasteiger partial charge in [-0.2, -0.15) is 0 Å². The molecule has 0 spiro atoms. The van der Waals surface area contributed by atoms with Crippen molar-refractivity contribution in [2.24, 2.45) is 5.92 Å². The highest BCUT2D eigenvalue weighted by Crippen LogP contribution is 2.26. The van der Waals surface area contributed by atoms with Crippen LogP contribution in [-0.4, -0.2) is 28.9 Å². The molecule has 0 unspecified atom stereocenters. The molecule has 1 amide bonds. The van der Waals surface area contributed by atoms with Gasteiger partial charge in [-0.15, -0.1) is 0 Å². The third-order valence-corrected chi connectivity index (χ3v) is 3.66. The van der Waals surface area contributed by atoms with Gasteiger partial charge in [-0.25, -0.2) is 4.98 Å². The molecule has 2 rings (SSSR count). The van der Waals surface area contributed by atoms with Crippen molar-refractivity contribution in [1.29, 1.82) is 0 Å². The van der Waals surface area contributed by atoms with Gasteiger partial charge in [0.25, 0.3) is 11.6 Å². The van der Waals surface area contributed by atoms with Crippen LogP contribution in [0.25, 0.3) is 0 Å².